The normalized spacial score (nSPS) is 23.1. The van der Waals surface area contributed by atoms with Crippen LogP contribution in [0.4, 0.5) is 4.79 Å². The lowest BCUT2D eigenvalue weighted by Crippen LogP contribution is -2.35. The highest BCUT2D eigenvalue weighted by Crippen LogP contribution is 2.23. The number of hydrogen-bond acceptors (Lipinski definition) is 4. The van der Waals surface area contributed by atoms with Crippen molar-refractivity contribution in [3.8, 4) is 0 Å². The number of aliphatic hydroxyl groups is 1. The Morgan fingerprint density at radius 2 is 2.20 bits per heavy atom. The summed E-state index contributed by atoms with van der Waals surface area (Å²) in [6.45, 7) is 6.37. The number of rotatable bonds is 2. The van der Waals surface area contributed by atoms with Gasteiger partial charge in [0.25, 0.3) is 0 Å². The van der Waals surface area contributed by atoms with Gasteiger partial charge in [0.1, 0.15) is 5.60 Å². The average Bonchev–Trinajstić information content (AvgIpc) is 2.85. The van der Waals surface area contributed by atoms with Crippen molar-refractivity contribution < 1.29 is 14.6 Å². The van der Waals surface area contributed by atoms with Crippen molar-refractivity contribution in [2.75, 3.05) is 13.1 Å². The SMILES string of the molecule is Cn1cc(CC2CN(C(=O)OC(C)(C)C)CC2O)cn1. The average molecular weight is 281 g/mol. The molecule has 0 saturated carbocycles. The summed E-state index contributed by atoms with van der Waals surface area (Å²) in [5, 5.41) is 14.2. The van der Waals surface area contributed by atoms with Gasteiger partial charge in [-0.25, -0.2) is 4.79 Å². The molecular formula is C14H23N3O3. The molecule has 1 amide bonds. The molecule has 1 N–H and O–H groups in total. The Labute approximate surface area is 119 Å². The third-order valence-corrected chi connectivity index (χ3v) is 3.31. The summed E-state index contributed by atoms with van der Waals surface area (Å²) < 4.78 is 7.07. The van der Waals surface area contributed by atoms with Crippen molar-refractivity contribution in [2.24, 2.45) is 13.0 Å². The summed E-state index contributed by atoms with van der Waals surface area (Å²) in [6, 6.07) is 0. The van der Waals surface area contributed by atoms with E-state index in [2.05, 4.69) is 5.10 Å². The first-order chi connectivity index (χ1) is 9.24. The number of carbonyl (C=O) groups excluding carboxylic acids is 1. The number of amides is 1. The monoisotopic (exact) mass is 281 g/mol. The number of nitrogens with zero attached hydrogens (tertiary/aromatic N) is 3. The molecule has 2 heterocycles. The van der Waals surface area contributed by atoms with Gasteiger partial charge >= 0.3 is 6.09 Å². The van der Waals surface area contributed by atoms with Crippen molar-refractivity contribution in [3.63, 3.8) is 0 Å². The largest absolute Gasteiger partial charge is 0.444 e. The van der Waals surface area contributed by atoms with Crippen LogP contribution in [0.3, 0.4) is 0 Å². The van der Waals surface area contributed by atoms with Crippen LogP contribution < -0.4 is 0 Å². The molecule has 0 aliphatic carbocycles. The van der Waals surface area contributed by atoms with Crippen molar-refractivity contribution in [1.29, 1.82) is 0 Å². The Hall–Kier alpha value is -1.56. The minimum atomic E-state index is -0.511. The Morgan fingerprint density at radius 3 is 2.75 bits per heavy atom. The number of ether oxygens (including phenoxy) is 1. The zero-order valence-electron chi connectivity index (χ0n) is 12.5. The van der Waals surface area contributed by atoms with Gasteiger partial charge in [0.05, 0.1) is 18.8 Å². The standard InChI is InChI=1S/C14H23N3O3/c1-14(2,3)20-13(19)17-8-11(12(18)9-17)5-10-6-15-16(4)7-10/h6-7,11-12,18H,5,8-9H2,1-4H3. The van der Waals surface area contributed by atoms with Crippen LogP contribution in [0.1, 0.15) is 26.3 Å². The highest BCUT2D eigenvalue weighted by Gasteiger charge is 2.36. The summed E-state index contributed by atoms with van der Waals surface area (Å²) in [6.07, 6.45) is 3.58. The van der Waals surface area contributed by atoms with Gasteiger partial charge in [0, 0.05) is 25.7 Å². The van der Waals surface area contributed by atoms with E-state index in [1.54, 1.807) is 15.8 Å². The van der Waals surface area contributed by atoms with Gasteiger partial charge < -0.3 is 14.7 Å². The van der Waals surface area contributed by atoms with Crippen LogP contribution in [0.15, 0.2) is 12.4 Å². The van der Waals surface area contributed by atoms with Crippen LogP contribution >= 0.6 is 0 Å². The summed E-state index contributed by atoms with van der Waals surface area (Å²) in [5.74, 6) is 0.0340. The zero-order chi connectivity index (χ0) is 14.9. The van der Waals surface area contributed by atoms with Gasteiger partial charge in [-0.15, -0.1) is 0 Å². The second-order valence-corrected chi connectivity index (χ2v) is 6.44. The number of aromatic nitrogens is 2. The fourth-order valence-corrected chi connectivity index (χ4v) is 2.41. The number of likely N-dealkylation sites (tertiary alicyclic amines) is 1. The molecule has 0 radical (unpaired) electrons. The molecule has 0 bridgehead atoms. The van der Waals surface area contributed by atoms with Crippen molar-refractivity contribution in [1.82, 2.24) is 14.7 Å². The highest BCUT2D eigenvalue weighted by molar-refractivity contribution is 5.68. The van der Waals surface area contributed by atoms with Crippen LogP contribution in [-0.4, -0.2) is 50.7 Å². The van der Waals surface area contributed by atoms with E-state index in [4.69, 9.17) is 4.74 Å². The van der Waals surface area contributed by atoms with Gasteiger partial charge in [-0.2, -0.15) is 5.10 Å². The molecule has 6 nitrogen and oxygen atoms in total. The van der Waals surface area contributed by atoms with E-state index in [-0.39, 0.29) is 12.0 Å². The van der Waals surface area contributed by atoms with E-state index in [1.807, 2.05) is 34.0 Å². The summed E-state index contributed by atoms with van der Waals surface area (Å²) in [5.41, 5.74) is 0.561. The first-order valence-corrected chi connectivity index (χ1v) is 6.88. The van der Waals surface area contributed by atoms with Crippen molar-refractivity contribution >= 4 is 6.09 Å². The van der Waals surface area contributed by atoms with Gasteiger partial charge in [-0.05, 0) is 32.8 Å². The molecule has 20 heavy (non-hydrogen) atoms. The molecule has 1 aromatic rings. The molecule has 0 aromatic carbocycles. The second-order valence-electron chi connectivity index (χ2n) is 6.44. The molecule has 1 aliphatic rings. The summed E-state index contributed by atoms with van der Waals surface area (Å²) >= 11 is 0. The first kappa shape index (κ1) is 14.8. The van der Waals surface area contributed by atoms with Crippen LogP contribution in [0.5, 0.6) is 0 Å². The fraction of sp³-hybridized carbons (Fsp3) is 0.714. The minimum Gasteiger partial charge on any atom is -0.444 e. The predicted molar refractivity (Wildman–Crippen MR) is 74.2 cm³/mol. The number of aliphatic hydroxyl groups excluding tert-OH is 1. The second kappa shape index (κ2) is 5.44. The van der Waals surface area contributed by atoms with E-state index < -0.39 is 11.7 Å². The van der Waals surface area contributed by atoms with Gasteiger partial charge in [-0.3, -0.25) is 4.68 Å². The van der Waals surface area contributed by atoms with Crippen molar-refractivity contribution in [2.45, 2.75) is 38.9 Å². The quantitative estimate of drug-likeness (QED) is 0.884. The summed E-state index contributed by atoms with van der Waals surface area (Å²) in [4.78, 5) is 13.6. The number of β-amino-alcohol motifs (C(OH)–C–C–N with tert-alkyl or cyclic N) is 1. The summed E-state index contributed by atoms with van der Waals surface area (Å²) in [7, 11) is 1.86. The maximum absolute atomic E-state index is 12.0. The number of carbonyl (C=O) groups is 1. The maximum Gasteiger partial charge on any atom is 0.410 e. The van der Waals surface area contributed by atoms with Gasteiger partial charge in [0.15, 0.2) is 0 Å². The molecule has 2 rings (SSSR count). The third-order valence-electron chi connectivity index (χ3n) is 3.31. The molecule has 1 aromatic heterocycles. The molecule has 112 valence electrons. The zero-order valence-corrected chi connectivity index (χ0v) is 12.5. The van der Waals surface area contributed by atoms with Crippen LogP contribution in [0, 0.1) is 5.92 Å². The lowest BCUT2D eigenvalue weighted by Gasteiger charge is -2.24. The Bertz CT molecular complexity index is 478. The highest BCUT2D eigenvalue weighted by atomic mass is 16.6. The van der Waals surface area contributed by atoms with E-state index in [9.17, 15) is 9.90 Å². The van der Waals surface area contributed by atoms with E-state index in [1.165, 1.54) is 0 Å². The number of aryl methyl sites for hydroxylation is 1. The van der Waals surface area contributed by atoms with E-state index in [0.29, 0.717) is 19.5 Å². The molecular weight excluding hydrogens is 258 g/mol. The van der Waals surface area contributed by atoms with Crippen LogP contribution in [-0.2, 0) is 18.2 Å². The van der Waals surface area contributed by atoms with E-state index in [0.717, 1.165) is 5.56 Å². The Kier molecular flexibility index (Phi) is 4.04. The molecule has 2 atom stereocenters. The lowest BCUT2D eigenvalue weighted by atomic mass is 9.99. The molecule has 1 saturated heterocycles. The number of hydrogen-bond donors (Lipinski definition) is 1. The lowest BCUT2D eigenvalue weighted by molar-refractivity contribution is 0.0269. The Balaban J connectivity index is 1.93. The molecule has 1 aliphatic heterocycles. The van der Waals surface area contributed by atoms with Crippen LogP contribution in [0.2, 0.25) is 0 Å². The predicted octanol–water partition coefficient (Wildman–Crippen LogP) is 1.19. The maximum atomic E-state index is 12.0. The molecule has 2 unspecified atom stereocenters. The van der Waals surface area contributed by atoms with Crippen molar-refractivity contribution in [3.05, 3.63) is 18.0 Å². The molecule has 0 spiro atoms. The van der Waals surface area contributed by atoms with Gasteiger partial charge in [0.2, 0.25) is 0 Å². The topological polar surface area (TPSA) is 67.6 Å². The minimum absolute atomic E-state index is 0.0340. The third kappa shape index (κ3) is 3.72. The first-order valence-electron chi connectivity index (χ1n) is 6.88. The smallest absolute Gasteiger partial charge is 0.410 e. The van der Waals surface area contributed by atoms with E-state index >= 15 is 0 Å². The van der Waals surface area contributed by atoms with Gasteiger partial charge in [-0.1, -0.05) is 0 Å². The van der Waals surface area contributed by atoms with Crippen LogP contribution in [0.25, 0.3) is 0 Å². The molecule has 6 heteroatoms. The molecule has 1 fully saturated rings. The fourth-order valence-electron chi connectivity index (χ4n) is 2.41. The Morgan fingerprint density at radius 1 is 1.50 bits per heavy atom.